The number of amides is 1. The van der Waals surface area contributed by atoms with Gasteiger partial charge >= 0.3 is 0 Å². The number of nitrogens with one attached hydrogen (secondary N) is 1. The minimum atomic E-state index is -3.97. The van der Waals surface area contributed by atoms with Crippen molar-refractivity contribution in [2.45, 2.75) is 36.6 Å². The van der Waals surface area contributed by atoms with Gasteiger partial charge in [0.2, 0.25) is 15.9 Å². The number of benzene rings is 1. The van der Waals surface area contributed by atoms with Crippen LogP contribution in [0, 0.1) is 16.0 Å². The van der Waals surface area contributed by atoms with Crippen LogP contribution in [0.4, 0.5) is 11.4 Å². The highest BCUT2D eigenvalue weighted by Crippen LogP contribution is 2.33. The van der Waals surface area contributed by atoms with E-state index in [1.807, 2.05) is 0 Å². The van der Waals surface area contributed by atoms with Gasteiger partial charge in [0.25, 0.3) is 5.69 Å². The molecule has 0 radical (unpaired) electrons. The first kappa shape index (κ1) is 20.5. The number of ether oxygens (including phenoxy) is 1. The van der Waals surface area contributed by atoms with Crippen LogP contribution in [0.25, 0.3) is 0 Å². The number of hydrogen-bond donors (Lipinski definition) is 2. The summed E-state index contributed by atoms with van der Waals surface area (Å²) in [7, 11) is -3.97. The number of anilines is 1. The summed E-state index contributed by atoms with van der Waals surface area (Å²) in [6, 6.07) is 3.39. The highest BCUT2D eigenvalue weighted by atomic mass is 32.2. The van der Waals surface area contributed by atoms with Crippen molar-refractivity contribution in [3.05, 3.63) is 28.3 Å². The molecule has 10 nitrogen and oxygen atoms in total. The molecule has 0 unspecified atom stereocenters. The van der Waals surface area contributed by atoms with E-state index in [0.29, 0.717) is 12.8 Å². The molecule has 3 N–H and O–H groups in total. The third kappa shape index (κ3) is 4.26. The lowest BCUT2D eigenvalue weighted by Crippen LogP contribution is -2.42. The average Bonchev–Trinajstić information content (AvgIpc) is 2.69. The number of sulfonamides is 1. The molecule has 0 bridgehead atoms. The number of nitro benzene ring substituents is 1. The number of non-ortho nitro benzene ring substituents is 1. The van der Waals surface area contributed by atoms with E-state index >= 15 is 0 Å². The number of carbonyl (C=O) groups excluding carboxylic acids is 1. The summed E-state index contributed by atoms with van der Waals surface area (Å²) in [5.41, 5.74) is 5.44. The molecule has 2 aliphatic rings. The molecule has 28 heavy (non-hydrogen) atoms. The standard InChI is InChI=1S/C17H24N4O6S/c18-17(22)13-3-1-2-4-14(13)19-15-6-5-12(21(23)24)11-16(15)28(25,26)20-7-9-27-10-8-20/h5-6,11,13-14,19H,1-4,7-10H2,(H2,18,22)/t13-,14-/m0/s1. The topological polar surface area (TPSA) is 145 Å². The number of nitrogens with two attached hydrogens (primary N) is 1. The van der Waals surface area contributed by atoms with Gasteiger partial charge in [-0.3, -0.25) is 14.9 Å². The number of rotatable bonds is 6. The Kier molecular flexibility index (Phi) is 6.16. The van der Waals surface area contributed by atoms with Gasteiger partial charge in [-0.05, 0) is 18.9 Å². The SMILES string of the molecule is NC(=O)[C@H]1CCCC[C@@H]1Nc1ccc([N+](=O)[O-])cc1S(=O)(=O)N1CCOCC1. The molecule has 0 aromatic heterocycles. The molecule has 154 valence electrons. The van der Waals surface area contributed by atoms with E-state index < -0.39 is 26.8 Å². The van der Waals surface area contributed by atoms with Crippen molar-refractivity contribution in [3.8, 4) is 0 Å². The van der Waals surface area contributed by atoms with Crippen molar-refractivity contribution in [2.24, 2.45) is 11.7 Å². The predicted molar refractivity (Wildman–Crippen MR) is 101 cm³/mol. The fraction of sp³-hybridized carbons (Fsp3) is 0.588. The Balaban J connectivity index is 1.98. The van der Waals surface area contributed by atoms with Gasteiger partial charge in [0.1, 0.15) is 4.90 Å². The Hall–Kier alpha value is -2.24. The van der Waals surface area contributed by atoms with Gasteiger partial charge in [0.15, 0.2) is 0 Å². The van der Waals surface area contributed by atoms with Crippen molar-refractivity contribution < 1.29 is 22.9 Å². The molecule has 1 heterocycles. The molecule has 0 spiro atoms. The first-order valence-corrected chi connectivity index (χ1v) is 10.7. The lowest BCUT2D eigenvalue weighted by atomic mass is 9.84. The minimum absolute atomic E-state index is 0.169. The molecule has 1 saturated heterocycles. The van der Waals surface area contributed by atoms with Crippen molar-refractivity contribution in [1.29, 1.82) is 0 Å². The molecule has 11 heteroatoms. The summed E-state index contributed by atoms with van der Waals surface area (Å²) >= 11 is 0. The highest BCUT2D eigenvalue weighted by molar-refractivity contribution is 7.89. The van der Waals surface area contributed by atoms with Crippen LogP contribution in [0.2, 0.25) is 0 Å². The van der Waals surface area contributed by atoms with Gasteiger partial charge in [0, 0.05) is 31.3 Å². The number of primary amides is 1. The molecule has 2 atom stereocenters. The molecule has 3 rings (SSSR count). The Morgan fingerprint density at radius 2 is 1.93 bits per heavy atom. The zero-order valence-corrected chi connectivity index (χ0v) is 16.2. The molecule has 1 aromatic carbocycles. The van der Waals surface area contributed by atoms with Crippen LogP contribution in [-0.4, -0.2) is 55.9 Å². The van der Waals surface area contributed by atoms with Crippen molar-refractivity contribution in [2.75, 3.05) is 31.6 Å². The predicted octanol–water partition coefficient (Wildman–Crippen LogP) is 1.07. The van der Waals surface area contributed by atoms with E-state index in [1.165, 1.54) is 16.4 Å². The van der Waals surface area contributed by atoms with Crippen LogP contribution in [0.15, 0.2) is 23.1 Å². The van der Waals surface area contributed by atoms with Crippen LogP contribution in [-0.2, 0) is 19.6 Å². The molecular weight excluding hydrogens is 388 g/mol. The largest absolute Gasteiger partial charge is 0.380 e. The van der Waals surface area contributed by atoms with E-state index in [4.69, 9.17) is 10.5 Å². The number of carbonyl (C=O) groups is 1. The van der Waals surface area contributed by atoms with Crippen molar-refractivity contribution in [1.82, 2.24) is 4.31 Å². The Labute approximate surface area is 163 Å². The molecule has 1 saturated carbocycles. The summed E-state index contributed by atoms with van der Waals surface area (Å²) in [5, 5.41) is 14.3. The maximum atomic E-state index is 13.2. The maximum absolute atomic E-state index is 13.2. The van der Waals surface area contributed by atoms with Crippen molar-refractivity contribution >= 4 is 27.3 Å². The zero-order chi connectivity index (χ0) is 20.3. The first-order valence-electron chi connectivity index (χ1n) is 9.23. The van der Waals surface area contributed by atoms with E-state index in [1.54, 1.807) is 0 Å². The number of nitrogens with zero attached hydrogens (tertiary/aromatic N) is 2. The molecular formula is C17H24N4O6S. The summed E-state index contributed by atoms with van der Waals surface area (Å²) in [5.74, 6) is -0.848. The second-order valence-electron chi connectivity index (χ2n) is 7.00. The van der Waals surface area contributed by atoms with Gasteiger partial charge in [-0.2, -0.15) is 4.31 Å². The fourth-order valence-corrected chi connectivity index (χ4v) is 5.31. The summed E-state index contributed by atoms with van der Waals surface area (Å²) in [4.78, 5) is 22.2. The average molecular weight is 412 g/mol. The third-order valence-corrected chi connectivity index (χ3v) is 7.17. The van der Waals surface area contributed by atoms with Crippen LogP contribution in [0.5, 0.6) is 0 Å². The third-order valence-electron chi connectivity index (χ3n) is 5.24. The van der Waals surface area contributed by atoms with E-state index in [-0.39, 0.29) is 48.6 Å². The van der Waals surface area contributed by atoms with Crippen LogP contribution in [0.1, 0.15) is 25.7 Å². The quantitative estimate of drug-likeness (QED) is 0.525. The van der Waals surface area contributed by atoms with Crippen LogP contribution >= 0.6 is 0 Å². The molecule has 2 fully saturated rings. The number of hydrogen-bond acceptors (Lipinski definition) is 7. The second kappa shape index (κ2) is 8.41. The minimum Gasteiger partial charge on any atom is -0.380 e. The van der Waals surface area contributed by atoms with Crippen molar-refractivity contribution in [3.63, 3.8) is 0 Å². The zero-order valence-electron chi connectivity index (χ0n) is 15.4. The lowest BCUT2D eigenvalue weighted by molar-refractivity contribution is -0.385. The van der Waals surface area contributed by atoms with E-state index in [0.717, 1.165) is 18.9 Å². The number of nitro groups is 1. The van der Waals surface area contributed by atoms with Gasteiger partial charge in [-0.1, -0.05) is 12.8 Å². The normalized spacial score (nSPS) is 23.9. The van der Waals surface area contributed by atoms with E-state index in [2.05, 4.69) is 5.32 Å². The summed E-state index contributed by atoms with van der Waals surface area (Å²) < 4.78 is 32.8. The molecule has 1 aromatic rings. The van der Waals surface area contributed by atoms with Gasteiger partial charge in [0.05, 0.1) is 29.7 Å². The van der Waals surface area contributed by atoms with Gasteiger partial charge in [-0.25, -0.2) is 8.42 Å². The van der Waals surface area contributed by atoms with Crippen LogP contribution in [0.3, 0.4) is 0 Å². The Bertz CT molecular complexity index is 853. The molecule has 1 aliphatic heterocycles. The first-order chi connectivity index (χ1) is 13.3. The number of morpholine rings is 1. The van der Waals surface area contributed by atoms with E-state index in [9.17, 15) is 23.3 Å². The fourth-order valence-electron chi connectivity index (χ4n) is 3.73. The lowest BCUT2D eigenvalue weighted by Gasteiger charge is -2.32. The maximum Gasteiger partial charge on any atom is 0.270 e. The van der Waals surface area contributed by atoms with Gasteiger partial charge in [-0.15, -0.1) is 0 Å². The summed E-state index contributed by atoms with van der Waals surface area (Å²) in [6.45, 7) is 0.891. The smallest absolute Gasteiger partial charge is 0.270 e. The highest BCUT2D eigenvalue weighted by Gasteiger charge is 2.34. The second-order valence-corrected chi connectivity index (χ2v) is 8.90. The molecule has 1 aliphatic carbocycles. The van der Waals surface area contributed by atoms with Gasteiger partial charge < -0.3 is 15.8 Å². The van der Waals surface area contributed by atoms with Crippen LogP contribution < -0.4 is 11.1 Å². The monoisotopic (exact) mass is 412 g/mol. The molecule has 1 amide bonds. The summed E-state index contributed by atoms with van der Waals surface area (Å²) in [6.07, 6.45) is 3.07. The Morgan fingerprint density at radius 1 is 1.25 bits per heavy atom. The Morgan fingerprint density at radius 3 is 2.57 bits per heavy atom.